The van der Waals surface area contributed by atoms with E-state index >= 15 is 0 Å². The fourth-order valence-corrected chi connectivity index (χ4v) is 10.9. The van der Waals surface area contributed by atoms with Crippen LogP contribution < -0.4 is 10.6 Å². The molecule has 3 aromatic heterocycles. The van der Waals surface area contributed by atoms with E-state index in [0.717, 1.165) is 44.7 Å². The number of rotatable bonds is 10. The Hall–Kier alpha value is -5.85. The second kappa shape index (κ2) is 18.7. The van der Waals surface area contributed by atoms with Crippen molar-refractivity contribution in [2.24, 2.45) is 17.3 Å². The van der Waals surface area contributed by atoms with Crippen LogP contribution in [0.2, 0.25) is 0 Å². The zero-order chi connectivity index (χ0) is 48.1. The highest BCUT2D eigenvalue weighted by molar-refractivity contribution is 7.80. The van der Waals surface area contributed by atoms with Crippen LogP contribution in [0.5, 0.6) is 0 Å². The molecule has 4 aromatic rings. The summed E-state index contributed by atoms with van der Waals surface area (Å²) >= 11 is 7.39. The molecule has 6 bridgehead atoms. The van der Waals surface area contributed by atoms with Crippen LogP contribution in [0.1, 0.15) is 76.8 Å². The fraction of sp³-hybridized carbons (Fsp3) is 0.490. The van der Waals surface area contributed by atoms with Crippen molar-refractivity contribution < 1.29 is 38.1 Å². The molecule has 4 atom stereocenters. The number of esters is 1. The van der Waals surface area contributed by atoms with Gasteiger partial charge in [-0.2, -0.15) is 0 Å². The number of thiazole rings is 1. The third-order valence-corrected chi connectivity index (χ3v) is 14.7. The molecule has 1 aromatic carbocycles. The van der Waals surface area contributed by atoms with E-state index in [1.165, 1.54) is 22.3 Å². The van der Waals surface area contributed by atoms with Crippen molar-refractivity contribution in [3.63, 3.8) is 0 Å². The molecular weight excluding hydrogens is 891 g/mol. The number of benzene rings is 1. The Balaban J connectivity index is 1.15. The molecule has 67 heavy (non-hydrogen) atoms. The predicted octanol–water partition coefficient (Wildman–Crippen LogP) is 5.72. The number of thiocarbonyl (C=S) groups is 1. The minimum Gasteiger partial charge on any atom is -0.459 e. The molecule has 4 aliphatic heterocycles. The normalized spacial score (nSPS) is 21.3. The summed E-state index contributed by atoms with van der Waals surface area (Å²) in [4.78, 5) is 81.6. The van der Waals surface area contributed by atoms with E-state index in [1.807, 2.05) is 32.2 Å². The zero-order valence-corrected chi connectivity index (χ0v) is 41.1. The Labute approximate surface area is 400 Å². The van der Waals surface area contributed by atoms with Crippen LogP contribution in [0.15, 0.2) is 54.6 Å². The first-order valence-electron chi connectivity index (χ1n) is 22.9. The molecular formula is C49H60N9O7S2+. The predicted molar refractivity (Wildman–Crippen MR) is 259 cm³/mol. The Morgan fingerprint density at radius 1 is 1.18 bits per heavy atom. The van der Waals surface area contributed by atoms with Gasteiger partial charge in [-0.05, 0) is 68.5 Å². The number of fused-ring (bicyclic) bond motifs is 4. The molecule has 0 spiro atoms. The Morgan fingerprint density at radius 2 is 1.94 bits per heavy atom. The molecule has 0 saturated carbocycles. The summed E-state index contributed by atoms with van der Waals surface area (Å²) in [6.45, 7) is 17.2. The maximum absolute atomic E-state index is 14.9. The van der Waals surface area contributed by atoms with E-state index in [1.54, 1.807) is 41.2 Å². The average molecular weight is 951 g/mol. The molecule has 1 unspecified atom stereocenters. The van der Waals surface area contributed by atoms with Gasteiger partial charge in [-0.3, -0.25) is 19.4 Å². The number of cyclic esters (lactones) is 1. The molecule has 354 valence electrons. The number of hydrogen-bond donors (Lipinski definition) is 2. The van der Waals surface area contributed by atoms with Crippen molar-refractivity contribution >= 4 is 75.4 Å². The summed E-state index contributed by atoms with van der Waals surface area (Å²) in [5, 5.41) is 10.8. The van der Waals surface area contributed by atoms with Gasteiger partial charge in [0.15, 0.2) is 0 Å². The van der Waals surface area contributed by atoms with Crippen LogP contribution >= 0.6 is 23.6 Å². The Kier molecular flexibility index (Phi) is 13.3. The number of amides is 5. The molecule has 2 fully saturated rings. The molecule has 4 aliphatic rings. The summed E-state index contributed by atoms with van der Waals surface area (Å²) < 4.78 is 16.0. The number of likely N-dealkylation sites (N-methyl/N-ethyl adjacent to an activating group) is 1. The number of nitrogens with one attached hydrogen (secondary N) is 2. The summed E-state index contributed by atoms with van der Waals surface area (Å²) in [5.74, 6) is -3.04. The van der Waals surface area contributed by atoms with Gasteiger partial charge in [0.2, 0.25) is 11.8 Å². The van der Waals surface area contributed by atoms with Crippen LogP contribution in [-0.4, -0.2) is 133 Å². The van der Waals surface area contributed by atoms with Crippen molar-refractivity contribution in [2.45, 2.75) is 97.5 Å². The molecule has 7 heterocycles. The summed E-state index contributed by atoms with van der Waals surface area (Å²) in [6, 6.07) is 8.86. The lowest BCUT2D eigenvalue weighted by Crippen LogP contribution is -2.65. The number of likely N-dealkylation sites (tertiary alicyclic amines) is 1. The molecule has 18 heteroatoms. The van der Waals surface area contributed by atoms with Gasteiger partial charge < -0.3 is 34.5 Å². The molecule has 16 nitrogen and oxygen atoms in total. The van der Waals surface area contributed by atoms with Gasteiger partial charge in [-0.1, -0.05) is 57.2 Å². The van der Waals surface area contributed by atoms with Crippen molar-refractivity contribution in [3.05, 3.63) is 70.8 Å². The smallest absolute Gasteiger partial charge is 0.392 e. The van der Waals surface area contributed by atoms with Crippen molar-refractivity contribution in [1.29, 1.82) is 0 Å². The topological polar surface area (TPSA) is 171 Å². The second-order valence-electron chi connectivity index (χ2n) is 19.1. The van der Waals surface area contributed by atoms with Crippen LogP contribution in [-0.2, 0) is 48.0 Å². The highest BCUT2D eigenvalue weighted by Gasteiger charge is 2.70. The molecule has 8 rings (SSSR count). The van der Waals surface area contributed by atoms with Gasteiger partial charge in [-0.15, -0.1) is 16.3 Å². The van der Waals surface area contributed by atoms with Crippen LogP contribution in [0.25, 0.3) is 33.4 Å². The number of aryl methyl sites for hydroxylation is 1. The SMILES string of the molecule is C=CC(=O)NC1CN(C(=O)N(C)[C@H](C(=O)NC(=S)C2Cc3nc(cs3)-c3ccc4c(c3)c(c(-c3cccnc3[C@H](C)OC)n4CC)CC(C)(C)COC(=O)[C@]34C=[N+]3N(CCC4)C2=O)C(C)C)C1. The highest BCUT2D eigenvalue weighted by atomic mass is 32.1. The number of hydrazine groups is 1. The number of pyridine rings is 1. The van der Waals surface area contributed by atoms with Crippen LogP contribution in [0.3, 0.4) is 0 Å². The third-order valence-electron chi connectivity index (χ3n) is 13.4. The monoisotopic (exact) mass is 950 g/mol. The van der Waals surface area contributed by atoms with Gasteiger partial charge in [0.25, 0.3) is 12.1 Å². The maximum Gasteiger partial charge on any atom is 0.392 e. The average Bonchev–Trinajstić information content (AvgIpc) is 3.76. The molecule has 0 aliphatic carbocycles. The number of ether oxygens (including phenoxy) is 2. The van der Waals surface area contributed by atoms with E-state index in [4.69, 9.17) is 31.7 Å². The number of urea groups is 1. The number of hydrogen-bond acceptors (Lipinski definition) is 11. The van der Waals surface area contributed by atoms with Gasteiger partial charge >= 0.3 is 17.5 Å². The number of methoxy groups -OCH3 is 1. The van der Waals surface area contributed by atoms with E-state index in [9.17, 15) is 24.0 Å². The summed E-state index contributed by atoms with van der Waals surface area (Å²) in [7, 11) is 3.24. The number of carbonyl (C=O) groups excluding carboxylic acids is 5. The molecule has 2 saturated heterocycles. The van der Waals surface area contributed by atoms with Crippen molar-refractivity contribution in [3.8, 4) is 22.5 Å². The Bertz CT molecular complexity index is 2700. The molecule has 0 radical (unpaired) electrons. The minimum atomic E-state index is -1.12. The lowest BCUT2D eigenvalue weighted by Gasteiger charge is -2.43. The van der Waals surface area contributed by atoms with E-state index in [-0.39, 0.29) is 67.0 Å². The Morgan fingerprint density at radius 3 is 2.64 bits per heavy atom. The zero-order valence-electron chi connectivity index (χ0n) is 39.5. The summed E-state index contributed by atoms with van der Waals surface area (Å²) in [6.07, 6.45) is 6.12. The lowest BCUT2D eigenvalue weighted by atomic mass is 9.84. The second-order valence-corrected chi connectivity index (χ2v) is 20.5. The number of carbonyl (C=O) groups is 5. The maximum atomic E-state index is 14.9. The van der Waals surface area contributed by atoms with Crippen LogP contribution in [0, 0.1) is 17.3 Å². The van der Waals surface area contributed by atoms with Crippen molar-refractivity contribution in [2.75, 3.05) is 40.4 Å². The minimum absolute atomic E-state index is 0.0109. The first-order chi connectivity index (χ1) is 31.9. The number of nitrogens with zero attached hydrogens (tertiary/aromatic N) is 7. The van der Waals surface area contributed by atoms with E-state index in [2.05, 4.69) is 66.8 Å². The summed E-state index contributed by atoms with van der Waals surface area (Å²) in [5.41, 5.74) is 4.96. The largest absolute Gasteiger partial charge is 0.459 e. The van der Waals surface area contributed by atoms with Crippen LogP contribution in [0.4, 0.5) is 4.79 Å². The third kappa shape index (κ3) is 9.02. The van der Waals surface area contributed by atoms with Crippen molar-refractivity contribution in [1.82, 2.24) is 40.0 Å². The van der Waals surface area contributed by atoms with Gasteiger partial charge in [0.1, 0.15) is 12.0 Å². The standard InChI is InChI=1S/C49H59N9O7S2/c1-10-38(59)51-31-23-55(24-31)47(63)54(8)41(28(3)4)43(60)53-44(66)34-21-39-52-36(25-67-39)30-15-16-37-33(20-30)35(42(56(37)11-2)32-14-12-18-50-40(32)29(5)64-9)22-48(6,7)27-65-46(62)49-17-13-19-57(45(34)61)58(49)26-49/h10,12,14-16,18,20,25-26,28-29,31,34,41H,1,11,13,17,19,21-24,27H2,2-9H3,(H-,51,53,59,60,66)/p+1/t29-,34?,41-,49-/m0/s1. The van der Waals surface area contributed by atoms with Gasteiger partial charge in [0.05, 0.1) is 52.4 Å². The van der Waals surface area contributed by atoms with E-state index < -0.39 is 34.8 Å². The fourth-order valence-electron chi connectivity index (χ4n) is 9.80. The number of aromatic nitrogens is 3. The highest BCUT2D eigenvalue weighted by Crippen LogP contribution is 2.43. The van der Waals surface area contributed by atoms with Gasteiger partial charge in [-0.25, -0.2) is 14.6 Å². The van der Waals surface area contributed by atoms with E-state index in [0.29, 0.717) is 37.4 Å². The quantitative estimate of drug-likeness (QED) is 0.0868. The van der Waals surface area contributed by atoms with Gasteiger partial charge in [0, 0.05) is 85.7 Å². The number of hydrazone groups is 1. The first kappa shape index (κ1) is 47.6. The molecule has 5 amide bonds. The molecule has 2 N–H and O–H groups in total. The lowest BCUT2D eigenvalue weighted by molar-refractivity contribution is -0.650. The first-order valence-corrected chi connectivity index (χ1v) is 24.2.